The van der Waals surface area contributed by atoms with Gasteiger partial charge in [0, 0.05) is 6.04 Å². The second kappa shape index (κ2) is 6.34. The van der Waals surface area contributed by atoms with Gasteiger partial charge in [-0.05, 0) is 54.6 Å². The molecule has 0 radical (unpaired) electrons. The summed E-state index contributed by atoms with van der Waals surface area (Å²) in [5.74, 6) is 1.32. The lowest BCUT2D eigenvalue weighted by atomic mass is 10.0. The fourth-order valence-electron chi connectivity index (χ4n) is 2.91. The average molecular weight is 340 g/mol. The molecule has 0 unspecified atom stereocenters. The van der Waals surface area contributed by atoms with Gasteiger partial charge in [0.05, 0.1) is 16.3 Å². The highest BCUT2D eigenvalue weighted by atomic mass is 35.5. The van der Waals surface area contributed by atoms with Crippen molar-refractivity contribution in [2.75, 3.05) is 0 Å². The van der Waals surface area contributed by atoms with E-state index >= 15 is 0 Å². The van der Waals surface area contributed by atoms with E-state index in [-0.39, 0.29) is 0 Å². The Balaban J connectivity index is 1.50. The van der Waals surface area contributed by atoms with Gasteiger partial charge in [-0.3, -0.25) is 5.43 Å². The van der Waals surface area contributed by atoms with Gasteiger partial charge in [0.1, 0.15) is 0 Å². The van der Waals surface area contributed by atoms with Crippen LogP contribution >= 0.6 is 35.4 Å². The maximum Gasteiger partial charge on any atom is 0.187 e. The first-order chi connectivity index (χ1) is 10.1. The Morgan fingerprint density at radius 1 is 1.24 bits per heavy atom. The number of rotatable bonds is 3. The molecule has 2 aliphatic carbocycles. The van der Waals surface area contributed by atoms with Gasteiger partial charge in [0.25, 0.3) is 0 Å². The summed E-state index contributed by atoms with van der Waals surface area (Å²) in [5, 5.41) is 9.04. The van der Waals surface area contributed by atoms with E-state index in [2.05, 4.69) is 28.0 Å². The zero-order valence-electron chi connectivity index (χ0n) is 11.2. The summed E-state index contributed by atoms with van der Waals surface area (Å²) in [6.45, 7) is 0. The zero-order chi connectivity index (χ0) is 14.8. The molecule has 0 spiro atoms. The van der Waals surface area contributed by atoms with Crippen molar-refractivity contribution in [2.24, 2.45) is 16.9 Å². The van der Waals surface area contributed by atoms with Gasteiger partial charge >= 0.3 is 0 Å². The molecule has 1 saturated carbocycles. The van der Waals surface area contributed by atoms with E-state index in [1.807, 2.05) is 6.07 Å². The van der Waals surface area contributed by atoms with E-state index in [9.17, 15) is 0 Å². The number of hydrazone groups is 1. The van der Waals surface area contributed by atoms with Crippen LogP contribution in [0.5, 0.6) is 0 Å². The summed E-state index contributed by atoms with van der Waals surface area (Å²) < 4.78 is 0. The summed E-state index contributed by atoms with van der Waals surface area (Å²) >= 11 is 17.1. The highest BCUT2D eigenvalue weighted by Gasteiger charge is 2.35. The Hall–Kier alpha value is -1.10. The molecule has 2 N–H and O–H groups in total. The number of halogens is 2. The van der Waals surface area contributed by atoms with E-state index in [0.717, 1.165) is 17.9 Å². The minimum atomic E-state index is 0.431. The second-order valence-electron chi connectivity index (χ2n) is 5.40. The molecule has 1 fully saturated rings. The molecule has 2 aliphatic rings. The smallest absolute Gasteiger partial charge is 0.187 e. The number of nitrogens with zero attached hydrogens (tertiary/aromatic N) is 1. The third-order valence-corrected chi connectivity index (χ3v) is 4.87. The third kappa shape index (κ3) is 3.57. The number of hydrogen-bond donors (Lipinski definition) is 2. The molecule has 1 aromatic carbocycles. The van der Waals surface area contributed by atoms with Crippen LogP contribution in [0.2, 0.25) is 10.0 Å². The van der Waals surface area contributed by atoms with Crippen LogP contribution in [-0.2, 0) is 0 Å². The molecule has 3 atom stereocenters. The average Bonchev–Trinajstić information content (AvgIpc) is 3.05. The van der Waals surface area contributed by atoms with Gasteiger partial charge in [-0.1, -0.05) is 41.4 Å². The highest BCUT2D eigenvalue weighted by Crippen LogP contribution is 2.38. The van der Waals surface area contributed by atoms with Gasteiger partial charge in [-0.2, -0.15) is 5.10 Å². The molecular weight excluding hydrogens is 325 g/mol. The minimum absolute atomic E-state index is 0.431. The number of thiocarbonyl (C=S) groups is 1. The summed E-state index contributed by atoms with van der Waals surface area (Å²) in [7, 11) is 0. The standard InChI is InChI=1S/C15H15Cl2N3S/c16-12-4-2-10(6-13(12)17)8-18-20-15(21)19-14-7-9-1-3-11(14)5-9/h1-4,6,8-9,11,14H,5,7H2,(H2,19,20,21)/b18-8-/t9-,11-,14-/m0/s1. The quantitative estimate of drug-likeness (QED) is 0.381. The molecule has 6 heteroatoms. The fraction of sp³-hybridized carbons (Fsp3) is 0.333. The van der Waals surface area contributed by atoms with Crippen LogP contribution in [0.15, 0.2) is 35.5 Å². The van der Waals surface area contributed by atoms with Crippen molar-refractivity contribution in [3.8, 4) is 0 Å². The SMILES string of the molecule is S=C(N/N=C\c1ccc(Cl)c(Cl)c1)N[C@H]1C[C@H]2C=C[C@H]1C2. The summed E-state index contributed by atoms with van der Waals surface area (Å²) in [6.07, 6.45) is 8.65. The summed E-state index contributed by atoms with van der Waals surface area (Å²) in [5.41, 5.74) is 3.70. The normalized spacial score (nSPS) is 26.5. The van der Waals surface area contributed by atoms with Crippen LogP contribution in [0.25, 0.3) is 0 Å². The summed E-state index contributed by atoms with van der Waals surface area (Å²) in [6, 6.07) is 5.77. The van der Waals surface area contributed by atoms with Crippen molar-refractivity contribution in [1.29, 1.82) is 0 Å². The molecule has 0 amide bonds. The summed E-state index contributed by atoms with van der Waals surface area (Å²) in [4.78, 5) is 0. The van der Waals surface area contributed by atoms with E-state index in [0.29, 0.717) is 27.1 Å². The van der Waals surface area contributed by atoms with Crippen LogP contribution in [0.3, 0.4) is 0 Å². The van der Waals surface area contributed by atoms with E-state index in [4.69, 9.17) is 35.4 Å². The Bertz CT molecular complexity index is 615. The number of hydrogen-bond acceptors (Lipinski definition) is 2. The maximum absolute atomic E-state index is 5.95. The largest absolute Gasteiger partial charge is 0.358 e. The zero-order valence-corrected chi connectivity index (χ0v) is 13.6. The molecule has 2 bridgehead atoms. The van der Waals surface area contributed by atoms with Crippen molar-refractivity contribution >= 4 is 46.7 Å². The Kier molecular flexibility index (Phi) is 4.48. The van der Waals surface area contributed by atoms with Gasteiger partial charge in [-0.15, -0.1) is 0 Å². The topological polar surface area (TPSA) is 36.4 Å². The van der Waals surface area contributed by atoms with Crippen molar-refractivity contribution in [2.45, 2.75) is 18.9 Å². The van der Waals surface area contributed by atoms with Crippen molar-refractivity contribution < 1.29 is 0 Å². The Morgan fingerprint density at radius 3 is 2.76 bits per heavy atom. The molecule has 3 nitrogen and oxygen atoms in total. The van der Waals surface area contributed by atoms with Crippen molar-refractivity contribution in [1.82, 2.24) is 10.7 Å². The first-order valence-corrected chi connectivity index (χ1v) is 8.01. The van der Waals surface area contributed by atoms with Gasteiger partial charge in [-0.25, -0.2) is 0 Å². The predicted octanol–water partition coefficient (Wildman–Crippen LogP) is 3.76. The van der Waals surface area contributed by atoms with E-state index in [1.54, 1.807) is 18.3 Å². The minimum Gasteiger partial charge on any atom is -0.358 e. The van der Waals surface area contributed by atoms with Crippen LogP contribution in [-0.4, -0.2) is 17.4 Å². The van der Waals surface area contributed by atoms with E-state index < -0.39 is 0 Å². The van der Waals surface area contributed by atoms with Crippen LogP contribution in [0.4, 0.5) is 0 Å². The van der Waals surface area contributed by atoms with Gasteiger partial charge < -0.3 is 5.32 Å². The highest BCUT2D eigenvalue weighted by molar-refractivity contribution is 7.80. The first-order valence-electron chi connectivity index (χ1n) is 6.85. The number of fused-ring (bicyclic) bond motifs is 2. The van der Waals surface area contributed by atoms with Gasteiger partial charge in [0.15, 0.2) is 5.11 Å². The number of allylic oxidation sites excluding steroid dienone is 1. The third-order valence-electron chi connectivity index (χ3n) is 3.92. The lowest BCUT2D eigenvalue weighted by molar-refractivity contribution is 0.521. The molecule has 3 rings (SSSR count). The van der Waals surface area contributed by atoms with Crippen molar-refractivity contribution in [3.63, 3.8) is 0 Å². The molecule has 0 aromatic heterocycles. The lowest BCUT2D eigenvalue weighted by Crippen LogP contribution is -2.42. The molecule has 1 aromatic rings. The van der Waals surface area contributed by atoms with Crippen LogP contribution in [0, 0.1) is 11.8 Å². The molecule has 0 heterocycles. The molecule has 21 heavy (non-hydrogen) atoms. The Labute approximate surface area is 139 Å². The maximum atomic E-state index is 5.95. The molecule has 110 valence electrons. The number of nitrogens with one attached hydrogen (secondary N) is 2. The van der Waals surface area contributed by atoms with Crippen LogP contribution in [0.1, 0.15) is 18.4 Å². The number of benzene rings is 1. The fourth-order valence-corrected chi connectivity index (χ4v) is 3.42. The molecule has 0 saturated heterocycles. The predicted molar refractivity (Wildman–Crippen MR) is 92.1 cm³/mol. The molecule has 0 aliphatic heterocycles. The van der Waals surface area contributed by atoms with Crippen molar-refractivity contribution in [3.05, 3.63) is 46.0 Å². The molecular formula is C15H15Cl2N3S. The van der Waals surface area contributed by atoms with Gasteiger partial charge in [0.2, 0.25) is 0 Å². The monoisotopic (exact) mass is 339 g/mol. The van der Waals surface area contributed by atoms with Crippen LogP contribution < -0.4 is 10.7 Å². The Morgan fingerprint density at radius 2 is 2.10 bits per heavy atom. The second-order valence-corrected chi connectivity index (χ2v) is 6.63. The first kappa shape index (κ1) is 14.8. The van der Waals surface area contributed by atoms with E-state index in [1.165, 1.54) is 6.42 Å². The lowest BCUT2D eigenvalue weighted by Gasteiger charge is -2.20.